The number of hydrogen-bond donors (Lipinski definition) is 2. The summed E-state index contributed by atoms with van der Waals surface area (Å²) in [6, 6.07) is 7.42. The van der Waals surface area contributed by atoms with Crippen molar-refractivity contribution in [1.82, 2.24) is 0 Å². The SMILES string of the molecule is CC1CCc2sc(C(=O)OC(C)C(=O)Nc3cccc(S(N)(=O)=O)c3)cc2C1. The van der Waals surface area contributed by atoms with Crippen molar-refractivity contribution in [3.63, 3.8) is 0 Å². The van der Waals surface area contributed by atoms with E-state index < -0.39 is 28.0 Å². The highest BCUT2D eigenvalue weighted by molar-refractivity contribution is 7.89. The second-order valence-electron chi connectivity index (χ2n) is 7.02. The Bertz CT molecular complexity index is 1010. The number of esters is 1. The lowest BCUT2D eigenvalue weighted by molar-refractivity contribution is -0.123. The number of nitrogens with one attached hydrogen (secondary N) is 1. The van der Waals surface area contributed by atoms with Crippen LogP contribution >= 0.6 is 11.3 Å². The zero-order valence-electron chi connectivity index (χ0n) is 15.6. The van der Waals surface area contributed by atoms with Crippen molar-refractivity contribution in [3.8, 4) is 0 Å². The molecule has 0 bridgehead atoms. The molecule has 0 spiro atoms. The summed E-state index contributed by atoms with van der Waals surface area (Å²) < 4.78 is 28.1. The molecule has 0 fully saturated rings. The molecule has 7 nitrogen and oxygen atoms in total. The van der Waals surface area contributed by atoms with Gasteiger partial charge in [-0.3, -0.25) is 4.79 Å². The standard InChI is InChI=1S/C19H22N2O5S2/c1-11-6-7-16-13(8-11)9-17(27-16)19(23)26-12(2)18(22)21-14-4-3-5-15(10-14)28(20,24)25/h3-5,9-12H,6-8H2,1-2H3,(H,21,22)(H2,20,24,25). The summed E-state index contributed by atoms with van der Waals surface area (Å²) in [6.07, 6.45) is 1.99. The Morgan fingerprint density at radius 1 is 1.32 bits per heavy atom. The highest BCUT2D eigenvalue weighted by atomic mass is 32.2. The van der Waals surface area contributed by atoms with Crippen LogP contribution in [-0.4, -0.2) is 26.4 Å². The molecule has 1 aliphatic carbocycles. The van der Waals surface area contributed by atoms with Gasteiger partial charge in [0.05, 0.1) is 4.90 Å². The van der Waals surface area contributed by atoms with Gasteiger partial charge in [0, 0.05) is 10.6 Å². The molecule has 1 aliphatic rings. The zero-order valence-corrected chi connectivity index (χ0v) is 17.2. The first-order chi connectivity index (χ1) is 13.1. The van der Waals surface area contributed by atoms with E-state index in [1.807, 2.05) is 6.07 Å². The second kappa shape index (κ2) is 8.02. The maximum Gasteiger partial charge on any atom is 0.349 e. The topological polar surface area (TPSA) is 116 Å². The number of carbonyl (C=O) groups is 2. The molecule has 1 aromatic carbocycles. The van der Waals surface area contributed by atoms with E-state index in [2.05, 4.69) is 12.2 Å². The monoisotopic (exact) mass is 422 g/mol. The second-order valence-corrected chi connectivity index (χ2v) is 9.71. The molecule has 0 saturated carbocycles. The van der Waals surface area contributed by atoms with Crippen LogP contribution in [0.1, 0.15) is 40.4 Å². The number of hydrogen-bond acceptors (Lipinski definition) is 6. The Morgan fingerprint density at radius 3 is 2.79 bits per heavy atom. The number of thiophene rings is 1. The van der Waals surface area contributed by atoms with Gasteiger partial charge in [-0.25, -0.2) is 18.4 Å². The number of anilines is 1. The maximum absolute atomic E-state index is 12.4. The lowest BCUT2D eigenvalue weighted by Crippen LogP contribution is -2.29. The summed E-state index contributed by atoms with van der Waals surface area (Å²) in [6.45, 7) is 3.66. The molecule has 1 heterocycles. The van der Waals surface area contributed by atoms with Crippen molar-refractivity contribution >= 4 is 38.9 Å². The summed E-state index contributed by atoms with van der Waals surface area (Å²) >= 11 is 1.42. The predicted molar refractivity (Wildman–Crippen MR) is 107 cm³/mol. The van der Waals surface area contributed by atoms with Crippen LogP contribution in [0.15, 0.2) is 35.2 Å². The van der Waals surface area contributed by atoms with Crippen molar-refractivity contribution in [2.45, 2.75) is 44.1 Å². The quantitative estimate of drug-likeness (QED) is 0.719. The lowest BCUT2D eigenvalue weighted by atomic mass is 9.90. The molecule has 2 unspecified atom stereocenters. The molecular formula is C19H22N2O5S2. The van der Waals surface area contributed by atoms with Gasteiger partial charge in [-0.2, -0.15) is 0 Å². The van der Waals surface area contributed by atoms with E-state index in [0.29, 0.717) is 10.8 Å². The first-order valence-electron chi connectivity index (χ1n) is 8.90. The number of amides is 1. The third kappa shape index (κ3) is 4.78. The number of rotatable bonds is 5. The van der Waals surface area contributed by atoms with Gasteiger partial charge in [0.1, 0.15) is 4.88 Å². The van der Waals surface area contributed by atoms with Gasteiger partial charge in [0.15, 0.2) is 6.10 Å². The van der Waals surface area contributed by atoms with Crippen molar-refractivity contribution in [1.29, 1.82) is 0 Å². The van der Waals surface area contributed by atoms with Crippen LogP contribution in [0.2, 0.25) is 0 Å². The van der Waals surface area contributed by atoms with Gasteiger partial charge >= 0.3 is 5.97 Å². The highest BCUT2D eigenvalue weighted by Crippen LogP contribution is 2.32. The van der Waals surface area contributed by atoms with Crippen LogP contribution in [0.3, 0.4) is 0 Å². The molecule has 28 heavy (non-hydrogen) atoms. The average Bonchev–Trinajstić information content (AvgIpc) is 3.04. The van der Waals surface area contributed by atoms with Crippen molar-refractivity contribution < 1.29 is 22.7 Å². The van der Waals surface area contributed by atoms with Gasteiger partial charge in [-0.1, -0.05) is 13.0 Å². The fraction of sp³-hybridized carbons (Fsp3) is 0.368. The molecule has 9 heteroatoms. The van der Waals surface area contributed by atoms with Gasteiger partial charge in [0.25, 0.3) is 5.91 Å². The highest BCUT2D eigenvalue weighted by Gasteiger charge is 2.24. The third-order valence-electron chi connectivity index (χ3n) is 4.61. The minimum Gasteiger partial charge on any atom is -0.448 e. The fourth-order valence-corrected chi connectivity index (χ4v) is 4.72. The molecule has 2 aromatic rings. The van der Waals surface area contributed by atoms with E-state index in [1.165, 1.54) is 53.0 Å². The minimum absolute atomic E-state index is 0.117. The van der Waals surface area contributed by atoms with Crippen LogP contribution in [-0.2, 0) is 32.4 Å². The molecule has 3 rings (SSSR count). The molecular weight excluding hydrogens is 400 g/mol. The number of ether oxygens (including phenoxy) is 1. The van der Waals surface area contributed by atoms with E-state index in [0.717, 1.165) is 19.3 Å². The van der Waals surface area contributed by atoms with Crippen LogP contribution in [0.4, 0.5) is 5.69 Å². The van der Waals surface area contributed by atoms with E-state index in [-0.39, 0.29) is 10.6 Å². The molecule has 1 amide bonds. The van der Waals surface area contributed by atoms with E-state index in [4.69, 9.17) is 9.88 Å². The molecule has 0 saturated heterocycles. The smallest absolute Gasteiger partial charge is 0.349 e. The fourth-order valence-electron chi connectivity index (χ4n) is 3.07. The number of primary sulfonamides is 1. The van der Waals surface area contributed by atoms with Gasteiger partial charge in [0.2, 0.25) is 10.0 Å². The number of aryl methyl sites for hydroxylation is 1. The Kier molecular flexibility index (Phi) is 5.87. The average molecular weight is 423 g/mol. The largest absolute Gasteiger partial charge is 0.448 e. The Balaban J connectivity index is 1.64. The summed E-state index contributed by atoms with van der Waals surface area (Å²) in [4.78, 5) is 26.3. The van der Waals surface area contributed by atoms with Gasteiger partial charge in [-0.05, 0) is 61.9 Å². The van der Waals surface area contributed by atoms with E-state index in [9.17, 15) is 18.0 Å². The van der Waals surface area contributed by atoms with Gasteiger partial charge in [-0.15, -0.1) is 11.3 Å². The number of nitrogens with two attached hydrogens (primary N) is 1. The molecule has 0 aliphatic heterocycles. The van der Waals surface area contributed by atoms with Crippen molar-refractivity contribution in [2.24, 2.45) is 11.1 Å². The third-order valence-corrected chi connectivity index (χ3v) is 6.74. The van der Waals surface area contributed by atoms with Crippen LogP contribution in [0.5, 0.6) is 0 Å². The molecule has 1 aromatic heterocycles. The van der Waals surface area contributed by atoms with Crippen molar-refractivity contribution in [2.75, 3.05) is 5.32 Å². The first kappa shape index (κ1) is 20.5. The Labute approximate surface area is 167 Å². The maximum atomic E-state index is 12.4. The lowest BCUT2D eigenvalue weighted by Gasteiger charge is -2.16. The summed E-state index contributed by atoms with van der Waals surface area (Å²) in [5, 5.41) is 7.62. The zero-order chi connectivity index (χ0) is 20.5. The van der Waals surface area contributed by atoms with Crippen molar-refractivity contribution in [3.05, 3.63) is 45.6 Å². The summed E-state index contributed by atoms with van der Waals surface area (Å²) in [5.74, 6) is -0.494. The Hall–Kier alpha value is -2.23. The minimum atomic E-state index is -3.88. The number of benzene rings is 1. The molecule has 2 atom stereocenters. The Morgan fingerprint density at radius 2 is 2.07 bits per heavy atom. The number of fused-ring (bicyclic) bond motifs is 1. The van der Waals surface area contributed by atoms with Gasteiger partial charge < -0.3 is 10.1 Å². The normalized spacial score (nSPS) is 17.5. The van der Waals surface area contributed by atoms with Crippen LogP contribution in [0.25, 0.3) is 0 Å². The van der Waals surface area contributed by atoms with Crippen LogP contribution in [0, 0.1) is 5.92 Å². The first-order valence-corrected chi connectivity index (χ1v) is 11.3. The summed E-state index contributed by atoms with van der Waals surface area (Å²) in [5.41, 5.74) is 1.44. The molecule has 3 N–H and O–H groups in total. The number of carbonyl (C=O) groups excluding carboxylic acids is 2. The molecule has 0 radical (unpaired) electrons. The van der Waals surface area contributed by atoms with Crippen LogP contribution < -0.4 is 10.5 Å². The predicted octanol–water partition coefficient (Wildman–Crippen LogP) is 2.70. The summed E-state index contributed by atoms with van der Waals surface area (Å²) in [7, 11) is -3.88. The van der Waals surface area contributed by atoms with E-state index >= 15 is 0 Å². The van der Waals surface area contributed by atoms with E-state index in [1.54, 1.807) is 0 Å². The number of sulfonamides is 1. The molecule has 150 valence electrons.